The average Bonchev–Trinajstić information content (AvgIpc) is 3.50. The van der Waals surface area contributed by atoms with Crippen LogP contribution in [0.1, 0.15) is 18.4 Å². The molecular weight excluding hydrogens is 490 g/mol. The van der Waals surface area contributed by atoms with E-state index in [-0.39, 0.29) is 22.9 Å². The summed E-state index contributed by atoms with van der Waals surface area (Å²) in [6.45, 7) is 2.68. The predicted molar refractivity (Wildman–Crippen MR) is 137 cm³/mol. The van der Waals surface area contributed by atoms with Gasteiger partial charge in [0.25, 0.3) is 0 Å². The molecule has 3 aromatic rings. The fourth-order valence-corrected chi connectivity index (χ4v) is 4.44. The molecule has 2 aromatic carbocycles. The van der Waals surface area contributed by atoms with E-state index < -0.39 is 0 Å². The zero-order valence-electron chi connectivity index (χ0n) is 18.2. The Hall–Kier alpha value is -2.78. The van der Waals surface area contributed by atoms with E-state index >= 15 is 0 Å². The van der Waals surface area contributed by atoms with Gasteiger partial charge in [-0.2, -0.15) is 0 Å². The molecule has 0 aliphatic carbocycles. The Labute approximate surface area is 203 Å². The van der Waals surface area contributed by atoms with Crippen LogP contribution in [-0.4, -0.2) is 38.3 Å². The molecule has 0 atom stereocenters. The van der Waals surface area contributed by atoms with Crippen LogP contribution in [0.2, 0.25) is 0 Å². The van der Waals surface area contributed by atoms with E-state index in [0.29, 0.717) is 23.2 Å². The zero-order chi connectivity index (χ0) is 21.6. The van der Waals surface area contributed by atoms with Crippen molar-refractivity contribution in [2.75, 3.05) is 37.5 Å². The Morgan fingerprint density at radius 1 is 1.06 bits per heavy atom. The van der Waals surface area contributed by atoms with Crippen LogP contribution in [0.25, 0.3) is 11.3 Å². The van der Waals surface area contributed by atoms with Crippen LogP contribution < -0.4 is 25.0 Å². The number of thiazole rings is 1. The highest BCUT2D eigenvalue weighted by Gasteiger charge is 2.13. The summed E-state index contributed by atoms with van der Waals surface area (Å²) in [7, 11) is 3.24. The summed E-state index contributed by atoms with van der Waals surface area (Å²) in [6, 6.07) is 14.2. The van der Waals surface area contributed by atoms with Crippen molar-refractivity contribution in [3.8, 4) is 22.8 Å². The lowest BCUT2D eigenvalue weighted by Crippen LogP contribution is -2.29. The fraction of sp³-hybridized carbons (Fsp3) is 0.304. The number of halogens is 1. The molecule has 9 heteroatoms. The van der Waals surface area contributed by atoms with Crippen molar-refractivity contribution in [2.45, 2.75) is 19.4 Å². The molecule has 7 nitrogen and oxygen atoms in total. The molecule has 1 saturated heterocycles. The number of rotatable bonds is 7. The summed E-state index contributed by atoms with van der Waals surface area (Å²) in [6.07, 6.45) is 2.54. The van der Waals surface area contributed by atoms with Gasteiger partial charge in [-0.05, 0) is 37.1 Å². The second-order valence-electron chi connectivity index (χ2n) is 7.27. The number of nitrogens with one attached hydrogen (secondary N) is 3. The molecule has 32 heavy (non-hydrogen) atoms. The third-order valence-electron chi connectivity index (χ3n) is 5.34. The highest BCUT2D eigenvalue weighted by molar-refractivity contribution is 8.93. The number of hydrogen-bond acceptors (Lipinski definition) is 6. The predicted octanol–water partition coefficient (Wildman–Crippen LogP) is 5.14. The molecule has 0 spiro atoms. The van der Waals surface area contributed by atoms with Crippen molar-refractivity contribution < 1.29 is 9.47 Å². The van der Waals surface area contributed by atoms with E-state index in [1.54, 1.807) is 14.2 Å². The van der Waals surface area contributed by atoms with Crippen molar-refractivity contribution >= 4 is 45.1 Å². The van der Waals surface area contributed by atoms with Crippen LogP contribution in [0, 0.1) is 5.41 Å². The van der Waals surface area contributed by atoms with Crippen molar-refractivity contribution in [3.05, 3.63) is 53.4 Å². The number of ether oxygens (including phenoxy) is 2. The first-order valence-corrected chi connectivity index (χ1v) is 11.2. The standard InChI is InChI=1S/C23H27N5O2S.BrH/c1-29-20-6-5-7-21(30-2)18(20)14-25-22(24)27-23-26-19(15-31-23)16-8-10-17(11-9-16)28-12-3-4-13-28;/h5-11,15H,3-4,12-14H2,1-2H3,(H3,24,25,26,27);1H. The van der Waals surface area contributed by atoms with Gasteiger partial charge in [0.1, 0.15) is 11.5 Å². The number of aromatic nitrogens is 1. The average molecular weight is 518 g/mol. The third-order valence-corrected chi connectivity index (χ3v) is 6.10. The van der Waals surface area contributed by atoms with Gasteiger partial charge in [0.15, 0.2) is 11.1 Å². The summed E-state index contributed by atoms with van der Waals surface area (Å²) in [4.78, 5) is 7.05. The zero-order valence-corrected chi connectivity index (χ0v) is 20.7. The largest absolute Gasteiger partial charge is 0.496 e. The number of guanidine groups is 1. The summed E-state index contributed by atoms with van der Waals surface area (Å²) in [5.74, 6) is 1.60. The summed E-state index contributed by atoms with van der Waals surface area (Å²) < 4.78 is 10.8. The summed E-state index contributed by atoms with van der Waals surface area (Å²) in [5.41, 5.74) is 4.11. The number of anilines is 2. The molecule has 1 aromatic heterocycles. The minimum atomic E-state index is 0. The van der Waals surface area contributed by atoms with E-state index in [4.69, 9.17) is 14.9 Å². The molecule has 4 rings (SSSR count). The number of nitrogens with zero attached hydrogens (tertiary/aromatic N) is 2. The van der Waals surface area contributed by atoms with Crippen LogP contribution in [0.4, 0.5) is 10.8 Å². The minimum absolute atomic E-state index is 0. The van der Waals surface area contributed by atoms with Crippen LogP contribution in [0.15, 0.2) is 47.8 Å². The SMILES string of the molecule is Br.COc1cccc(OC)c1CNC(=N)Nc1nc(-c2ccc(N3CCCC3)cc2)cs1. The molecule has 0 bridgehead atoms. The van der Waals surface area contributed by atoms with Gasteiger partial charge >= 0.3 is 0 Å². The van der Waals surface area contributed by atoms with E-state index in [1.165, 1.54) is 29.9 Å². The Morgan fingerprint density at radius 2 is 1.72 bits per heavy atom. The third kappa shape index (κ3) is 5.52. The molecule has 1 aliphatic rings. The maximum absolute atomic E-state index is 8.23. The minimum Gasteiger partial charge on any atom is -0.496 e. The van der Waals surface area contributed by atoms with Crippen molar-refractivity contribution in [1.82, 2.24) is 10.3 Å². The Balaban J connectivity index is 0.00000289. The summed E-state index contributed by atoms with van der Waals surface area (Å²) in [5, 5.41) is 17.0. The van der Waals surface area contributed by atoms with Gasteiger partial charge in [-0.15, -0.1) is 28.3 Å². The van der Waals surface area contributed by atoms with Crippen LogP contribution >= 0.6 is 28.3 Å². The van der Waals surface area contributed by atoms with Gasteiger partial charge in [-0.3, -0.25) is 5.41 Å². The van der Waals surface area contributed by atoms with E-state index in [2.05, 4.69) is 44.8 Å². The van der Waals surface area contributed by atoms with Crippen molar-refractivity contribution in [3.63, 3.8) is 0 Å². The van der Waals surface area contributed by atoms with Crippen LogP contribution in [0.5, 0.6) is 11.5 Å². The number of methoxy groups -OCH3 is 2. The van der Waals surface area contributed by atoms with Gasteiger partial charge < -0.3 is 25.0 Å². The van der Waals surface area contributed by atoms with E-state index in [0.717, 1.165) is 29.9 Å². The van der Waals surface area contributed by atoms with Crippen LogP contribution in [0.3, 0.4) is 0 Å². The van der Waals surface area contributed by atoms with Crippen molar-refractivity contribution in [2.24, 2.45) is 0 Å². The molecule has 170 valence electrons. The Morgan fingerprint density at radius 3 is 2.34 bits per heavy atom. The highest BCUT2D eigenvalue weighted by Crippen LogP contribution is 2.29. The lowest BCUT2D eigenvalue weighted by Gasteiger charge is -2.17. The smallest absolute Gasteiger partial charge is 0.195 e. The fourth-order valence-electron chi connectivity index (χ4n) is 3.71. The molecule has 3 N–H and O–H groups in total. The second-order valence-corrected chi connectivity index (χ2v) is 8.13. The monoisotopic (exact) mass is 517 g/mol. The Bertz CT molecular complexity index is 1010. The maximum Gasteiger partial charge on any atom is 0.195 e. The van der Waals surface area contributed by atoms with E-state index in [1.807, 2.05) is 23.6 Å². The highest BCUT2D eigenvalue weighted by atomic mass is 79.9. The lowest BCUT2D eigenvalue weighted by atomic mass is 10.1. The first-order valence-electron chi connectivity index (χ1n) is 10.3. The molecule has 0 saturated carbocycles. The van der Waals surface area contributed by atoms with Gasteiger partial charge in [-0.1, -0.05) is 18.2 Å². The van der Waals surface area contributed by atoms with Gasteiger partial charge in [-0.25, -0.2) is 4.98 Å². The molecule has 2 heterocycles. The maximum atomic E-state index is 8.23. The first-order chi connectivity index (χ1) is 15.2. The van der Waals surface area contributed by atoms with Gasteiger partial charge in [0, 0.05) is 29.7 Å². The molecular formula is C23H28BrN5O2S. The van der Waals surface area contributed by atoms with E-state index in [9.17, 15) is 0 Å². The van der Waals surface area contributed by atoms with Gasteiger partial charge in [0.05, 0.1) is 32.0 Å². The van der Waals surface area contributed by atoms with Gasteiger partial charge in [0.2, 0.25) is 0 Å². The lowest BCUT2D eigenvalue weighted by molar-refractivity contribution is 0.384. The topological polar surface area (TPSA) is 82.5 Å². The molecule has 0 unspecified atom stereocenters. The second kappa shape index (κ2) is 11.2. The molecule has 1 aliphatic heterocycles. The number of hydrogen-bond donors (Lipinski definition) is 3. The Kier molecular flexibility index (Phi) is 8.35. The van der Waals surface area contributed by atoms with Crippen molar-refractivity contribution in [1.29, 1.82) is 5.41 Å². The van der Waals surface area contributed by atoms with Crippen LogP contribution in [-0.2, 0) is 6.54 Å². The first kappa shape index (κ1) is 23.9. The molecule has 1 fully saturated rings. The quantitative estimate of drug-likeness (QED) is 0.297. The molecule has 0 radical (unpaired) electrons. The number of benzene rings is 2. The normalized spacial score (nSPS) is 12.8. The summed E-state index contributed by atoms with van der Waals surface area (Å²) >= 11 is 1.48. The molecule has 0 amide bonds.